The minimum atomic E-state index is -0.498. The second-order valence-electron chi connectivity index (χ2n) is 11.2. The Balaban J connectivity index is 1.42. The van der Waals surface area contributed by atoms with Crippen molar-refractivity contribution >= 4 is 24.0 Å². The average molecular weight is 623 g/mol. The fourth-order valence-electron chi connectivity index (χ4n) is 4.79. The van der Waals surface area contributed by atoms with Crippen molar-refractivity contribution in [3.05, 3.63) is 83.7 Å². The minimum Gasteiger partial charge on any atom is -0.491 e. The van der Waals surface area contributed by atoms with Crippen molar-refractivity contribution in [3.63, 3.8) is 0 Å². The van der Waals surface area contributed by atoms with Crippen LogP contribution < -0.4 is 4.74 Å². The molecule has 0 spiro atoms. The predicted molar refractivity (Wildman–Crippen MR) is 177 cm³/mol. The molecule has 0 heterocycles. The first-order valence-corrected chi connectivity index (χ1v) is 16.9. The largest absolute Gasteiger partial charge is 0.491 e. The summed E-state index contributed by atoms with van der Waals surface area (Å²) in [6.45, 7) is 6.81. The molecule has 0 N–H and O–H groups in total. The molecule has 44 heavy (non-hydrogen) atoms. The second kappa shape index (κ2) is 19.9. The van der Waals surface area contributed by atoms with Gasteiger partial charge >= 0.3 is 11.9 Å². The van der Waals surface area contributed by atoms with Crippen molar-refractivity contribution in [2.45, 2.75) is 109 Å². The molecule has 0 saturated carbocycles. The van der Waals surface area contributed by atoms with Crippen LogP contribution in [0.4, 0.5) is 4.39 Å². The van der Waals surface area contributed by atoms with Gasteiger partial charge in [0.2, 0.25) is 0 Å². The van der Waals surface area contributed by atoms with Crippen LogP contribution in [0.25, 0.3) is 11.1 Å². The van der Waals surface area contributed by atoms with Crippen LogP contribution in [0.1, 0.15) is 119 Å². The van der Waals surface area contributed by atoms with E-state index in [-0.39, 0.29) is 17.8 Å². The quantitative estimate of drug-likeness (QED) is 0.0710. The summed E-state index contributed by atoms with van der Waals surface area (Å²) in [5.41, 5.74) is 2.32. The van der Waals surface area contributed by atoms with Crippen molar-refractivity contribution in [1.29, 1.82) is 0 Å². The van der Waals surface area contributed by atoms with E-state index in [4.69, 9.17) is 13.7 Å². The highest BCUT2D eigenvalue weighted by molar-refractivity contribution is 7.95. The Labute approximate surface area is 267 Å². The minimum absolute atomic E-state index is 0.127. The van der Waals surface area contributed by atoms with Gasteiger partial charge in [-0.1, -0.05) is 89.8 Å². The number of rotatable bonds is 20. The Morgan fingerprint density at radius 1 is 0.705 bits per heavy atom. The third-order valence-corrected chi connectivity index (χ3v) is 8.17. The van der Waals surface area contributed by atoms with Gasteiger partial charge in [0.1, 0.15) is 0 Å². The van der Waals surface area contributed by atoms with Crippen LogP contribution in [0.2, 0.25) is 0 Å². The molecule has 1 unspecified atom stereocenters. The number of unbranched alkanes of at least 4 members (excludes halogenated alkanes) is 9. The second-order valence-corrected chi connectivity index (χ2v) is 12.0. The zero-order valence-corrected chi connectivity index (χ0v) is 27.3. The Morgan fingerprint density at radius 3 is 1.93 bits per heavy atom. The van der Waals surface area contributed by atoms with Crippen LogP contribution in [0, 0.1) is 5.82 Å². The smallest absolute Gasteiger partial charge is 0.350 e. The maximum Gasteiger partial charge on any atom is 0.350 e. The molecule has 0 bridgehead atoms. The molecule has 5 nitrogen and oxygen atoms in total. The molecule has 3 rings (SSSR count). The van der Waals surface area contributed by atoms with Crippen molar-refractivity contribution < 1.29 is 27.6 Å². The first kappa shape index (κ1) is 35.2. The summed E-state index contributed by atoms with van der Waals surface area (Å²) < 4.78 is 31.3. The van der Waals surface area contributed by atoms with Crippen molar-refractivity contribution in [2.24, 2.45) is 0 Å². The van der Waals surface area contributed by atoms with E-state index in [0.29, 0.717) is 28.2 Å². The molecule has 0 fully saturated rings. The van der Waals surface area contributed by atoms with Gasteiger partial charge in [-0.2, -0.15) is 0 Å². The van der Waals surface area contributed by atoms with Crippen LogP contribution in [-0.2, 0) is 8.92 Å². The van der Waals surface area contributed by atoms with Gasteiger partial charge in [-0.3, -0.25) is 0 Å². The maximum absolute atomic E-state index is 14.7. The number of esters is 1. The molecular formula is C37H47FO5S. The Hall–Kier alpha value is -3.32. The number of carbonyl (C=O) groups is 2. The lowest BCUT2D eigenvalue weighted by Crippen LogP contribution is -2.15. The van der Waals surface area contributed by atoms with Crippen molar-refractivity contribution in [1.82, 2.24) is 0 Å². The molecule has 0 aliphatic carbocycles. The third-order valence-electron chi connectivity index (χ3n) is 7.47. The van der Waals surface area contributed by atoms with E-state index >= 15 is 0 Å². The van der Waals surface area contributed by atoms with Gasteiger partial charge in [0.15, 0.2) is 11.6 Å². The lowest BCUT2D eigenvalue weighted by atomic mass is 10.0. The number of halogens is 1. The maximum atomic E-state index is 14.7. The number of ether oxygens (including phenoxy) is 2. The highest BCUT2D eigenvalue weighted by Crippen LogP contribution is 2.27. The molecule has 0 radical (unpaired) electrons. The number of carbonyl (C=O) groups excluding carboxylic acids is 2. The van der Waals surface area contributed by atoms with Crippen LogP contribution in [0.15, 0.2) is 71.6 Å². The lowest BCUT2D eigenvalue weighted by Gasteiger charge is -2.13. The van der Waals surface area contributed by atoms with Crippen molar-refractivity contribution in [3.8, 4) is 16.9 Å². The summed E-state index contributed by atoms with van der Waals surface area (Å²) in [5, 5.41) is 0. The summed E-state index contributed by atoms with van der Waals surface area (Å²) in [7, 11) is 0. The van der Waals surface area contributed by atoms with Crippen molar-refractivity contribution in [2.75, 3.05) is 6.61 Å². The summed E-state index contributed by atoms with van der Waals surface area (Å²) in [5.74, 6) is -0.995. The van der Waals surface area contributed by atoms with E-state index in [1.54, 1.807) is 54.6 Å². The average Bonchev–Trinajstić information content (AvgIpc) is 3.04. The molecule has 3 aromatic rings. The standard InChI is InChI=1S/C37H47FO5S/c1-4-6-8-10-11-12-14-26-41-35-25-22-32(27-34(35)38)29-16-18-31(19-17-29)37(40)43-44-33-23-20-30(21-24-33)36(39)42-28(3)15-13-9-7-5-2/h16-25,27-28H,4-15,26H2,1-3H3. The van der Waals surface area contributed by atoms with Gasteiger partial charge in [0.25, 0.3) is 0 Å². The van der Waals surface area contributed by atoms with Crippen LogP contribution in [0.5, 0.6) is 5.75 Å². The molecule has 0 aromatic heterocycles. The van der Waals surface area contributed by atoms with E-state index in [1.165, 1.54) is 51.0 Å². The van der Waals surface area contributed by atoms with Crippen LogP contribution in [-0.4, -0.2) is 24.6 Å². The predicted octanol–water partition coefficient (Wildman–Crippen LogP) is 11.0. The summed E-state index contributed by atoms with van der Waals surface area (Å²) >= 11 is 0.926. The highest BCUT2D eigenvalue weighted by atomic mass is 32.2. The monoisotopic (exact) mass is 622 g/mol. The fraction of sp³-hybridized carbons (Fsp3) is 0.459. The Bertz CT molecular complexity index is 1280. The van der Waals surface area contributed by atoms with Gasteiger partial charge in [0, 0.05) is 4.90 Å². The number of benzene rings is 3. The fourth-order valence-corrected chi connectivity index (χ4v) is 5.30. The topological polar surface area (TPSA) is 61.8 Å². The van der Waals surface area contributed by atoms with E-state index in [9.17, 15) is 14.0 Å². The summed E-state index contributed by atoms with van der Waals surface area (Å²) in [4.78, 5) is 25.7. The zero-order valence-electron chi connectivity index (χ0n) is 26.4. The first-order valence-electron chi connectivity index (χ1n) is 16.1. The molecule has 238 valence electrons. The normalized spacial score (nSPS) is 11.6. The van der Waals surface area contributed by atoms with Gasteiger partial charge in [-0.25, -0.2) is 14.0 Å². The molecule has 0 saturated heterocycles. The molecule has 3 aromatic carbocycles. The van der Waals surface area contributed by atoms with Crippen LogP contribution in [0.3, 0.4) is 0 Å². The summed E-state index contributed by atoms with van der Waals surface area (Å²) in [6.07, 6.45) is 13.6. The molecule has 0 amide bonds. The molecule has 0 aliphatic rings. The summed E-state index contributed by atoms with van der Waals surface area (Å²) in [6, 6.07) is 18.6. The van der Waals surface area contributed by atoms with E-state index in [2.05, 4.69) is 13.8 Å². The molecule has 1 atom stereocenters. The zero-order chi connectivity index (χ0) is 31.6. The third kappa shape index (κ3) is 12.4. The van der Waals surface area contributed by atoms with E-state index in [1.807, 2.05) is 13.0 Å². The molecule has 7 heteroatoms. The Kier molecular flexibility index (Phi) is 15.9. The van der Waals surface area contributed by atoms with Gasteiger partial charge in [-0.05, 0) is 85.8 Å². The number of hydrogen-bond donors (Lipinski definition) is 0. The lowest BCUT2D eigenvalue weighted by molar-refractivity contribution is 0.0319. The first-order chi connectivity index (χ1) is 21.4. The van der Waals surface area contributed by atoms with Gasteiger partial charge < -0.3 is 13.7 Å². The van der Waals surface area contributed by atoms with E-state index in [0.717, 1.165) is 49.7 Å². The van der Waals surface area contributed by atoms with E-state index < -0.39 is 11.8 Å². The Morgan fingerprint density at radius 2 is 1.27 bits per heavy atom. The SMILES string of the molecule is CCCCCCCCCOc1ccc(-c2ccc(C(=O)OSc3ccc(C(=O)OC(C)CCCCCC)cc3)cc2)cc1F. The van der Waals surface area contributed by atoms with Gasteiger partial charge in [-0.15, -0.1) is 0 Å². The molecular weight excluding hydrogens is 575 g/mol. The highest BCUT2D eigenvalue weighted by Gasteiger charge is 2.14. The van der Waals surface area contributed by atoms with Gasteiger partial charge in [0.05, 0.1) is 35.9 Å². The van der Waals surface area contributed by atoms with Crippen LogP contribution >= 0.6 is 12.0 Å². The number of hydrogen-bond acceptors (Lipinski definition) is 6. The molecule has 0 aliphatic heterocycles.